The molecule has 21 heavy (non-hydrogen) atoms. The van der Waals surface area contributed by atoms with Crippen molar-refractivity contribution in [3.05, 3.63) is 0 Å². The highest BCUT2D eigenvalue weighted by Gasteiger charge is 2.39. The van der Waals surface area contributed by atoms with Crippen molar-refractivity contribution in [1.82, 2.24) is 15.1 Å². The standard InChI is InChI=1S/C14H25N3O2.2ClH/c1-16-8-12(2-3-13(16)18)9-17-6-7-19-14(11-17)4-5-15-10-14;;/h12,15H,2-11H2,1H3;2*1H. The monoisotopic (exact) mass is 339 g/mol. The van der Waals surface area contributed by atoms with Crippen LogP contribution in [0.2, 0.25) is 0 Å². The molecule has 0 aromatic rings. The molecule has 0 aliphatic carbocycles. The summed E-state index contributed by atoms with van der Waals surface area (Å²) in [5.74, 6) is 0.932. The summed E-state index contributed by atoms with van der Waals surface area (Å²) >= 11 is 0. The fourth-order valence-corrected chi connectivity index (χ4v) is 3.67. The van der Waals surface area contributed by atoms with E-state index >= 15 is 0 Å². The maximum atomic E-state index is 11.5. The Labute approximate surface area is 139 Å². The molecule has 0 saturated carbocycles. The number of halogens is 2. The molecule has 0 radical (unpaired) electrons. The van der Waals surface area contributed by atoms with Crippen LogP contribution >= 0.6 is 24.8 Å². The third kappa shape index (κ3) is 4.45. The Balaban J connectivity index is 0.00000110. The molecule has 1 N–H and O–H groups in total. The molecule has 3 aliphatic heterocycles. The van der Waals surface area contributed by atoms with E-state index in [1.807, 2.05) is 11.9 Å². The third-order valence-corrected chi connectivity index (χ3v) is 4.77. The lowest BCUT2D eigenvalue weighted by Crippen LogP contribution is -2.54. The maximum Gasteiger partial charge on any atom is 0.222 e. The predicted molar refractivity (Wildman–Crippen MR) is 87.5 cm³/mol. The number of carbonyl (C=O) groups is 1. The summed E-state index contributed by atoms with van der Waals surface area (Å²) in [7, 11) is 1.93. The number of amides is 1. The van der Waals surface area contributed by atoms with E-state index in [-0.39, 0.29) is 30.4 Å². The fourth-order valence-electron chi connectivity index (χ4n) is 3.67. The third-order valence-electron chi connectivity index (χ3n) is 4.77. The molecule has 3 saturated heterocycles. The Morgan fingerprint density at radius 1 is 1.43 bits per heavy atom. The van der Waals surface area contributed by atoms with Gasteiger partial charge in [-0.25, -0.2) is 0 Å². The van der Waals surface area contributed by atoms with Gasteiger partial charge < -0.3 is 15.0 Å². The largest absolute Gasteiger partial charge is 0.371 e. The van der Waals surface area contributed by atoms with Crippen LogP contribution in [0, 0.1) is 5.92 Å². The summed E-state index contributed by atoms with van der Waals surface area (Å²) in [6.45, 7) is 7.04. The van der Waals surface area contributed by atoms with Crippen LogP contribution in [0.25, 0.3) is 0 Å². The molecule has 1 spiro atoms. The van der Waals surface area contributed by atoms with E-state index in [4.69, 9.17) is 4.74 Å². The molecule has 0 bridgehead atoms. The van der Waals surface area contributed by atoms with Crippen molar-refractivity contribution in [1.29, 1.82) is 0 Å². The zero-order valence-corrected chi connectivity index (χ0v) is 14.3. The number of carbonyl (C=O) groups excluding carboxylic acids is 1. The molecule has 2 unspecified atom stereocenters. The average Bonchev–Trinajstić information content (AvgIpc) is 2.82. The number of rotatable bonds is 2. The normalized spacial score (nSPS) is 33.7. The number of nitrogens with one attached hydrogen (secondary N) is 1. The molecule has 2 atom stereocenters. The Kier molecular flexibility index (Phi) is 7.20. The van der Waals surface area contributed by atoms with Gasteiger partial charge in [-0.2, -0.15) is 0 Å². The molecule has 1 amide bonds. The van der Waals surface area contributed by atoms with Crippen molar-refractivity contribution >= 4 is 30.7 Å². The highest BCUT2D eigenvalue weighted by Crippen LogP contribution is 2.26. The molecular weight excluding hydrogens is 313 g/mol. The van der Waals surface area contributed by atoms with Gasteiger partial charge in [0, 0.05) is 46.2 Å². The van der Waals surface area contributed by atoms with E-state index in [9.17, 15) is 4.79 Å². The van der Waals surface area contributed by atoms with Crippen molar-refractivity contribution in [3.63, 3.8) is 0 Å². The maximum absolute atomic E-state index is 11.5. The first-order valence-corrected chi connectivity index (χ1v) is 7.48. The highest BCUT2D eigenvalue weighted by atomic mass is 35.5. The van der Waals surface area contributed by atoms with Gasteiger partial charge in [-0.1, -0.05) is 0 Å². The molecule has 3 rings (SSSR count). The van der Waals surface area contributed by atoms with E-state index in [0.717, 1.165) is 65.1 Å². The SMILES string of the molecule is CN1CC(CN2CCOC3(CCNC3)C2)CCC1=O.Cl.Cl. The Morgan fingerprint density at radius 3 is 2.90 bits per heavy atom. The van der Waals surface area contributed by atoms with Crippen LogP contribution < -0.4 is 5.32 Å². The summed E-state index contributed by atoms with van der Waals surface area (Å²) in [4.78, 5) is 16.0. The lowest BCUT2D eigenvalue weighted by atomic mass is 9.95. The minimum atomic E-state index is 0. The number of hydrogen-bond acceptors (Lipinski definition) is 4. The first-order valence-electron chi connectivity index (χ1n) is 7.48. The summed E-state index contributed by atoms with van der Waals surface area (Å²) in [6, 6.07) is 0. The molecule has 3 aliphatic rings. The van der Waals surface area contributed by atoms with Crippen LogP contribution in [0.3, 0.4) is 0 Å². The topological polar surface area (TPSA) is 44.8 Å². The van der Waals surface area contributed by atoms with Gasteiger partial charge >= 0.3 is 0 Å². The second kappa shape index (κ2) is 7.97. The van der Waals surface area contributed by atoms with Crippen molar-refractivity contribution < 1.29 is 9.53 Å². The van der Waals surface area contributed by atoms with E-state index < -0.39 is 0 Å². The van der Waals surface area contributed by atoms with Gasteiger partial charge in [-0.05, 0) is 25.3 Å². The van der Waals surface area contributed by atoms with Gasteiger partial charge in [0.25, 0.3) is 0 Å². The number of nitrogens with zero attached hydrogens (tertiary/aromatic N) is 2. The molecule has 3 fully saturated rings. The van der Waals surface area contributed by atoms with Gasteiger partial charge in [0.1, 0.15) is 0 Å². The first kappa shape index (κ1) is 19.0. The fraction of sp³-hybridized carbons (Fsp3) is 0.929. The lowest BCUT2D eigenvalue weighted by molar-refractivity contribution is -0.134. The minimum absolute atomic E-state index is 0. The van der Waals surface area contributed by atoms with Crippen LogP contribution in [0.15, 0.2) is 0 Å². The molecule has 0 aromatic heterocycles. The van der Waals surface area contributed by atoms with Gasteiger partial charge in [0.15, 0.2) is 0 Å². The quantitative estimate of drug-likeness (QED) is 0.806. The smallest absolute Gasteiger partial charge is 0.222 e. The van der Waals surface area contributed by atoms with Gasteiger partial charge in [0.05, 0.1) is 12.2 Å². The number of piperidine rings is 1. The zero-order valence-electron chi connectivity index (χ0n) is 12.7. The van der Waals surface area contributed by atoms with Crippen molar-refractivity contribution in [2.75, 3.05) is 52.9 Å². The summed E-state index contributed by atoms with van der Waals surface area (Å²) in [5, 5.41) is 3.42. The molecule has 7 heteroatoms. The van der Waals surface area contributed by atoms with Crippen LogP contribution in [0.5, 0.6) is 0 Å². The number of morpholine rings is 1. The molecular formula is C14H27Cl2N3O2. The Morgan fingerprint density at radius 2 is 2.24 bits per heavy atom. The predicted octanol–water partition coefficient (Wildman–Crippen LogP) is 0.763. The molecule has 124 valence electrons. The van der Waals surface area contributed by atoms with Crippen molar-refractivity contribution in [3.8, 4) is 0 Å². The second-order valence-corrected chi connectivity index (χ2v) is 6.37. The number of ether oxygens (including phenoxy) is 1. The van der Waals surface area contributed by atoms with E-state index in [2.05, 4.69) is 10.2 Å². The van der Waals surface area contributed by atoms with E-state index in [1.165, 1.54) is 0 Å². The van der Waals surface area contributed by atoms with Gasteiger partial charge in [-0.3, -0.25) is 9.69 Å². The van der Waals surface area contributed by atoms with E-state index in [1.54, 1.807) is 0 Å². The lowest BCUT2D eigenvalue weighted by Gasteiger charge is -2.42. The Hall–Kier alpha value is -0.0700. The van der Waals surface area contributed by atoms with Crippen molar-refractivity contribution in [2.24, 2.45) is 5.92 Å². The Bertz CT molecular complexity index is 351. The van der Waals surface area contributed by atoms with Gasteiger partial charge in [0.2, 0.25) is 5.91 Å². The van der Waals surface area contributed by atoms with Crippen LogP contribution in [0.4, 0.5) is 0 Å². The first-order chi connectivity index (χ1) is 9.17. The van der Waals surface area contributed by atoms with Crippen molar-refractivity contribution in [2.45, 2.75) is 24.9 Å². The molecule has 3 heterocycles. The summed E-state index contributed by atoms with van der Waals surface area (Å²) in [6.07, 6.45) is 2.90. The summed E-state index contributed by atoms with van der Waals surface area (Å²) < 4.78 is 6.02. The summed E-state index contributed by atoms with van der Waals surface area (Å²) in [5.41, 5.74) is 0.0641. The van der Waals surface area contributed by atoms with E-state index in [0.29, 0.717) is 11.8 Å². The molecule has 5 nitrogen and oxygen atoms in total. The van der Waals surface area contributed by atoms with Crippen LogP contribution in [0.1, 0.15) is 19.3 Å². The average molecular weight is 340 g/mol. The van der Waals surface area contributed by atoms with Crippen LogP contribution in [-0.4, -0.2) is 74.2 Å². The minimum Gasteiger partial charge on any atom is -0.371 e. The second-order valence-electron chi connectivity index (χ2n) is 6.37. The number of hydrogen-bond donors (Lipinski definition) is 1. The zero-order chi connectivity index (χ0) is 13.3. The van der Waals surface area contributed by atoms with Crippen LogP contribution in [-0.2, 0) is 9.53 Å². The highest BCUT2D eigenvalue weighted by molar-refractivity contribution is 5.85. The van der Waals surface area contributed by atoms with Gasteiger partial charge in [-0.15, -0.1) is 24.8 Å². The number of likely N-dealkylation sites (tertiary alicyclic amines) is 1. The molecule has 0 aromatic carbocycles.